The number of furan rings is 1. The molecule has 2 aromatic rings. The number of rotatable bonds is 4. The average Bonchev–Trinajstić information content (AvgIpc) is 2.83. The molecule has 0 saturated carbocycles. The van der Waals surface area contributed by atoms with Crippen LogP contribution in [0, 0.1) is 6.92 Å². The summed E-state index contributed by atoms with van der Waals surface area (Å²) in [7, 11) is -2.85. The zero-order valence-corrected chi connectivity index (χ0v) is 13.8. The summed E-state index contributed by atoms with van der Waals surface area (Å²) < 4.78 is 69.6. The normalized spacial score (nSPS) is 12.8. The quantitative estimate of drug-likeness (QED) is 0.818. The van der Waals surface area contributed by atoms with Crippen molar-refractivity contribution in [3.63, 3.8) is 0 Å². The SMILES string of the molecule is Cc1ccc(CN(C)S(=O)(=O)c2ccc(Cl)c(C(F)(F)F)c2)o1. The van der Waals surface area contributed by atoms with Crippen molar-refractivity contribution in [3.05, 3.63) is 52.4 Å². The van der Waals surface area contributed by atoms with Gasteiger partial charge in [0.25, 0.3) is 0 Å². The molecule has 0 unspecified atom stereocenters. The standard InChI is InChI=1S/C14H13ClF3NO3S/c1-9-3-4-10(22-9)8-19(2)23(20,21)11-5-6-13(15)12(7-11)14(16,17)18/h3-7H,8H2,1-2H3. The van der Waals surface area contributed by atoms with Crippen LogP contribution in [0.5, 0.6) is 0 Å². The van der Waals surface area contributed by atoms with Crippen LogP contribution in [0.25, 0.3) is 0 Å². The van der Waals surface area contributed by atoms with Gasteiger partial charge in [-0.05, 0) is 37.3 Å². The Morgan fingerprint density at radius 3 is 2.39 bits per heavy atom. The highest BCUT2D eigenvalue weighted by atomic mass is 35.5. The molecule has 1 aromatic carbocycles. The van der Waals surface area contributed by atoms with E-state index >= 15 is 0 Å². The Labute approximate surface area is 136 Å². The molecule has 4 nitrogen and oxygen atoms in total. The third-order valence-corrected chi connectivity index (χ3v) is 5.25. The minimum Gasteiger partial charge on any atom is -0.465 e. The predicted molar refractivity (Wildman–Crippen MR) is 78.6 cm³/mol. The maximum Gasteiger partial charge on any atom is 0.417 e. The fraction of sp³-hybridized carbons (Fsp3) is 0.286. The Balaban J connectivity index is 2.35. The first kappa shape index (κ1) is 17.8. The molecule has 0 aliphatic carbocycles. The fourth-order valence-electron chi connectivity index (χ4n) is 1.94. The summed E-state index contributed by atoms with van der Waals surface area (Å²) in [6.45, 7) is 1.60. The first-order chi connectivity index (χ1) is 10.5. The van der Waals surface area contributed by atoms with E-state index in [1.807, 2.05) is 0 Å². The highest BCUT2D eigenvalue weighted by Gasteiger charge is 2.35. The van der Waals surface area contributed by atoms with Gasteiger partial charge in [-0.2, -0.15) is 17.5 Å². The molecule has 0 N–H and O–H groups in total. The van der Waals surface area contributed by atoms with Gasteiger partial charge in [0, 0.05) is 7.05 Å². The molecular weight excluding hydrogens is 355 g/mol. The molecule has 0 amide bonds. The van der Waals surface area contributed by atoms with Gasteiger partial charge < -0.3 is 4.42 Å². The lowest BCUT2D eigenvalue weighted by molar-refractivity contribution is -0.137. The highest BCUT2D eigenvalue weighted by molar-refractivity contribution is 7.89. The maximum atomic E-state index is 12.9. The first-order valence-electron chi connectivity index (χ1n) is 6.40. The Kier molecular flexibility index (Phi) is 4.79. The second kappa shape index (κ2) is 6.18. The first-order valence-corrected chi connectivity index (χ1v) is 8.22. The summed E-state index contributed by atoms with van der Waals surface area (Å²) in [5, 5.41) is -0.555. The third kappa shape index (κ3) is 3.88. The minimum absolute atomic E-state index is 0.0971. The molecule has 0 saturated heterocycles. The Hall–Kier alpha value is -1.51. The molecular formula is C14H13ClF3NO3S. The fourth-order valence-corrected chi connectivity index (χ4v) is 3.33. The molecule has 126 valence electrons. The molecule has 23 heavy (non-hydrogen) atoms. The van der Waals surface area contributed by atoms with Crippen molar-refractivity contribution in [3.8, 4) is 0 Å². The Morgan fingerprint density at radius 2 is 1.87 bits per heavy atom. The topological polar surface area (TPSA) is 50.5 Å². The van der Waals surface area contributed by atoms with Crippen LogP contribution < -0.4 is 0 Å². The zero-order chi connectivity index (χ0) is 17.4. The van der Waals surface area contributed by atoms with Crippen LogP contribution >= 0.6 is 11.6 Å². The number of halogens is 4. The van der Waals surface area contributed by atoms with Gasteiger partial charge in [0.2, 0.25) is 10.0 Å². The van der Waals surface area contributed by atoms with Crippen molar-refractivity contribution in [2.24, 2.45) is 0 Å². The molecule has 0 aliphatic heterocycles. The van der Waals surface area contributed by atoms with Gasteiger partial charge in [-0.15, -0.1) is 0 Å². The van der Waals surface area contributed by atoms with Gasteiger partial charge in [-0.3, -0.25) is 0 Å². The molecule has 0 aliphatic rings. The Morgan fingerprint density at radius 1 is 1.22 bits per heavy atom. The van der Waals surface area contributed by atoms with E-state index < -0.39 is 31.7 Å². The molecule has 9 heteroatoms. The van der Waals surface area contributed by atoms with Crippen LogP contribution in [0.1, 0.15) is 17.1 Å². The van der Waals surface area contributed by atoms with Gasteiger partial charge in [0.15, 0.2) is 0 Å². The number of aryl methyl sites for hydroxylation is 1. The van der Waals surface area contributed by atoms with E-state index in [9.17, 15) is 21.6 Å². The molecule has 1 heterocycles. The smallest absolute Gasteiger partial charge is 0.417 e. The van der Waals surface area contributed by atoms with Crippen molar-refractivity contribution in [1.82, 2.24) is 4.31 Å². The summed E-state index contributed by atoms with van der Waals surface area (Å²) >= 11 is 5.50. The van der Waals surface area contributed by atoms with E-state index in [1.165, 1.54) is 7.05 Å². The number of hydrogen-bond donors (Lipinski definition) is 0. The second-order valence-electron chi connectivity index (χ2n) is 4.91. The van der Waals surface area contributed by atoms with E-state index in [2.05, 4.69) is 0 Å². The third-order valence-electron chi connectivity index (χ3n) is 3.13. The number of sulfonamides is 1. The van der Waals surface area contributed by atoms with Crippen molar-refractivity contribution in [1.29, 1.82) is 0 Å². The highest BCUT2D eigenvalue weighted by Crippen LogP contribution is 2.36. The van der Waals surface area contributed by atoms with Crippen LogP contribution in [0.4, 0.5) is 13.2 Å². The molecule has 2 rings (SSSR count). The second-order valence-corrected chi connectivity index (χ2v) is 7.36. The summed E-state index contributed by atoms with van der Waals surface area (Å²) in [4.78, 5) is -0.486. The van der Waals surface area contributed by atoms with E-state index in [0.717, 1.165) is 16.4 Å². The van der Waals surface area contributed by atoms with Crippen molar-refractivity contribution in [2.75, 3.05) is 7.05 Å². The molecule has 0 fully saturated rings. The van der Waals surface area contributed by atoms with Gasteiger partial charge in [0.05, 0.1) is 22.0 Å². The monoisotopic (exact) mass is 367 g/mol. The molecule has 1 aromatic heterocycles. The van der Waals surface area contributed by atoms with Gasteiger partial charge >= 0.3 is 6.18 Å². The number of hydrogen-bond acceptors (Lipinski definition) is 3. The summed E-state index contributed by atoms with van der Waals surface area (Å²) in [6.07, 6.45) is -4.74. The molecule has 0 spiro atoms. The number of alkyl halides is 3. The van der Waals surface area contributed by atoms with Crippen LogP contribution in [0.2, 0.25) is 5.02 Å². The largest absolute Gasteiger partial charge is 0.465 e. The van der Waals surface area contributed by atoms with Crippen LogP contribution in [-0.2, 0) is 22.7 Å². The number of nitrogens with zero attached hydrogens (tertiary/aromatic N) is 1. The van der Waals surface area contributed by atoms with Crippen molar-refractivity contribution >= 4 is 21.6 Å². The van der Waals surface area contributed by atoms with E-state index in [4.69, 9.17) is 16.0 Å². The van der Waals surface area contributed by atoms with Gasteiger partial charge in [-0.1, -0.05) is 11.6 Å². The summed E-state index contributed by atoms with van der Waals surface area (Å²) in [5.74, 6) is 0.996. The van der Waals surface area contributed by atoms with Crippen LogP contribution in [0.15, 0.2) is 39.6 Å². The molecule has 0 bridgehead atoms. The maximum absolute atomic E-state index is 12.9. The summed E-state index contributed by atoms with van der Waals surface area (Å²) in [5.41, 5.74) is -1.19. The minimum atomic E-state index is -4.74. The van der Waals surface area contributed by atoms with Crippen LogP contribution in [-0.4, -0.2) is 19.8 Å². The van der Waals surface area contributed by atoms with Crippen LogP contribution in [0.3, 0.4) is 0 Å². The molecule has 0 radical (unpaired) electrons. The lowest BCUT2D eigenvalue weighted by atomic mass is 10.2. The number of benzene rings is 1. The van der Waals surface area contributed by atoms with E-state index in [-0.39, 0.29) is 6.54 Å². The van der Waals surface area contributed by atoms with Crippen molar-refractivity contribution < 1.29 is 26.0 Å². The van der Waals surface area contributed by atoms with Gasteiger partial charge in [0.1, 0.15) is 11.5 Å². The lowest BCUT2D eigenvalue weighted by Gasteiger charge is -2.17. The zero-order valence-electron chi connectivity index (χ0n) is 12.2. The Bertz CT molecular complexity index is 815. The predicted octanol–water partition coefficient (Wildman–Crippen LogP) is 4.08. The molecule has 0 atom stereocenters. The summed E-state index contributed by atoms with van der Waals surface area (Å²) in [6, 6.07) is 5.75. The van der Waals surface area contributed by atoms with E-state index in [0.29, 0.717) is 17.6 Å². The van der Waals surface area contributed by atoms with Crippen molar-refractivity contribution in [2.45, 2.75) is 24.5 Å². The van der Waals surface area contributed by atoms with E-state index in [1.54, 1.807) is 19.1 Å². The van der Waals surface area contributed by atoms with Gasteiger partial charge in [-0.25, -0.2) is 8.42 Å². The average molecular weight is 368 g/mol. The lowest BCUT2D eigenvalue weighted by Crippen LogP contribution is -2.26.